The maximum atomic E-state index is 10.9. The van der Waals surface area contributed by atoms with Crippen LogP contribution in [-0.2, 0) is 0 Å². The second-order valence-electron chi connectivity index (χ2n) is 2.34. The molecule has 0 bridgehead atoms. The Hall–Kier alpha value is -1.79. The number of phenols is 1. The summed E-state index contributed by atoms with van der Waals surface area (Å²) < 4.78 is 0. The van der Waals surface area contributed by atoms with E-state index < -0.39 is 6.03 Å². The number of carbonyl (C=O) groups is 1. The summed E-state index contributed by atoms with van der Waals surface area (Å²) in [5, 5.41) is 9.86. The van der Waals surface area contributed by atoms with E-state index in [1.165, 1.54) is 12.1 Å². The second kappa shape index (κ2) is 3.74. The summed E-state index contributed by atoms with van der Waals surface area (Å²) in [6.07, 6.45) is 0. The third kappa shape index (κ3) is 2.08. The van der Waals surface area contributed by atoms with Crippen molar-refractivity contribution in [2.45, 2.75) is 0 Å². The van der Waals surface area contributed by atoms with Crippen LogP contribution < -0.4 is 22.1 Å². The summed E-state index contributed by atoms with van der Waals surface area (Å²) >= 11 is 0. The molecule has 0 fully saturated rings. The predicted octanol–water partition coefficient (Wildman–Crippen LogP) is -0.344. The van der Waals surface area contributed by atoms with Gasteiger partial charge < -0.3 is 5.11 Å². The monoisotopic (exact) mass is 182 g/mol. The van der Waals surface area contributed by atoms with Crippen LogP contribution in [-0.4, -0.2) is 11.1 Å². The van der Waals surface area contributed by atoms with E-state index in [-0.39, 0.29) is 5.75 Å². The molecule has 1 aromatic carbocycles. The highest BCUT2D eigenvalue weighted by molar-refractivity contribution is 5.90. The zero-order chi connectivity index (χ0) is 9.84. The maximum absolute atomic E-state index is 10.9. The highest BCUT2D eigenvalue weighted by Gasteiger charge is 2.09. The molecule has 6 nitrogen and oxygen atoms in total. The molecule has 0 aromatic heterocycles. The topological polar surface area (TPSA) is 105 Å². The summed E-state index contributed by atoms with van der Waals surface area (Å²) in [5.41, 5.74) is 2.21. The second-order valence-corrected chi connectivity index (χ2v) is 2.34. The molecule has 0 aliphatic carbocycles. The van der Waals surface area contributed by atoms with E-state index in [4.69, 9.17) is 16.8 Å². The number of nitrogens with two attached hydrogens (primary N) is 2. The number of urea groups is 1. The minimum atomic E-state index is -0.661. The first-order valence-corrected chi connectivity index (χ1v) is 3.49. The van der Waals surface area contributed by atoms with Gasteiger partial charge in [0, 0.05) is 6.07 Å². The van der Waals surface area contributed by atoms with Gasteiger partial charge in [-0.25, -0.2) is 21.5 Å². The summed E-state index contributed by atoms with van der Waals surface area (Å²) in [5.74, 6) is 10.2. The van der Waals surface area contributed by atoms with E-state index in [1.54, 1.807) is 12.1 Å². The Morgan fingerprint density at radius 3 is 2.77 bits per heavy atom. The minimum Gasteiger partial charge on any atom is -0.508 e. The van der Waals surface area contributed by atoms with E-state index in [0.29, 0.717) is 5.69 Å². The third-order valence-corrected chi connectivity index (χ3v) is 1.45. The number of phenolic OH excluding ortho intramolecular Hbond substituents is 1. The fourth-order valence-electron chi connectivity index (χ4n) is 0.830. The lowest BCUT2D eigenvalue weighted by Crippen LogP contribution is -2.47. The number of nitrogens with one attached hydrogen (secondary N) is 1. The number of amides is 2. The van der Waals surface area contributed by atoms with Crippen molar-refractivity contribution in [3.8, 4) is 5.75 Å². The van der Waals surface area contributed by atoms with Crippen molar-refractivity contribution >= 4 is 11.7 Å². The molecule has 1 rings (SSSR count). The molecule has 13 heavy (non-hydrogen) atoms. The summed E-state index contributed by atoms with van der Waals surface area (Å²) in [6, 6.07) is 5.28. The molecule has 0 aliphatic rings. The maximum Gasteiger partial charge on any atom is 0.350 e. The SMILES string of the molecule is NNC(=O)N(N)c1cccc(O)c1. The number of anilines is 1. The number of carbonyl (C=O) groups excluding carboxylic acids is 1. The summed E-state index contributed by atoms with van der Waals surface area (Å²) in [6.45, 7) is 0. The zero-order valence-corrected chi connectivity index (χ0v) is 6.77. The van der Waals surface area contributed by atoms with Crippen LogP contribution in [0, 0.1) is 0 Å². The molecule has 1 aromatic rings. The smallest absolute Gasteiger partial charge is 0.350 e. The van der Waals surface area contributed by atoms with Gasteiger partial charge in [-0.05, 0) is 12.1 Å². The summed E-state index contributed by atoms with van der Waals surface area (Å²) in [7, 11) is 0. The van der Waals surface area contributed by atoms with Crippen LogP contribution in [0.25, 0.3) is 0 Å². The Bertz CT molecular complexity index is 315. The molecule has 6 N–H and O–H groups in total. The van der Waals surface area contributed by atoms with Gasteiger partial charge in [-0.15, -0.1) is 0 Å². The van der Waals surface area contributed by atoms with Gasteiger partial charge in [0.25, 0.3) is 0 Å². The van der Waals surface area contributed by atoms with Crippen molar-refractivity contribution in [1.29, 1.82) is 0 Å². The Labute approximate surface area is 74.7 Å². The number of hydrogen-bond acceptors (Lipinski definition) is 4. The Morgan fingerprint density at radius 2 is 2.23 bits per heavy atom. The van der Waals surface area contributed by atoms with Crippen molar-refractivity contribution in [2.24, 2.45) is 11.7 Å². The van der Waals surface area contributed by atoms with E-state index in [1.807, 2.05) is 5.43 Å². The van der Waals surface area contributed by atoms with Crippen molar-refractivity contribution in [2.75, 3.05) is 5.01 Å². The van der Waals surface area contributed by atoms with Gasteiger partial charge in [-0.3, -0.25) is 5.43 Å². The van der Waals surface area contributed by atoms with Gasteiger partial charge in [-0.2, -0.15) is 0 Å². The first kappa shape index (κ1) is 9.30. The van der Waals surface area contributed by atoms with Gasteiger partial charge in [0.2, 0.25) is 0 Å². The van der Waals surface area contributed by atoms with Gasteiger partial charge in [0.05, 0.1) is 5.69 Å². The summed E-state index contributed by atoms with van der Waals surface area (Å²) in [4.78, 5) is 10.9. The Kier molecular flexibility index (Phi) is 2.68. The van der Waals surface area contributed by atoms with Crippen LogP contribution in [0.3, 0.4) is 0 Å². The molecule has 0 saturated carbocycles. The van der Waals surface area contributed by atoms with Crippen LogP contribution in [0.4, 0.5) is 10.5 Å². The number of nitrogens with zero attached hydrogens (tertiary/aromatic N) is 1. The largest absolute Gasteiger partial charge is 0.508 e. The van der Waals surface area contributed by atoms with Crippen LogP contribution in [0.15, 0.2) is 24.3 Å². The first-order chi connectivity index (χ1) is 6.15. The van der Waals surface area contributed by atoms with Crippen LogP contribution in [0.5, 0.6) is 5.75 Å². The lowest BCUT2D eigenvalue weighted by Gasteiger charge is -2.15. The van der Waals surface area contributed by atoms with Crippen LogP contribution in [0.2, 0.25) is 0 Å². The average Bonchev–Trinajstić information content (AvgIpc) is 2.15. The fourth-order valence-corrected chi connectivity index (χ4v) is 0.830. The predicted molar refractivity (Wildman–Crippen MR) is 47.5 cm³/mol. The molecular formula is C7H10N4O2. The molecule has 2 amide bonds. The third-order valence-electron chi connectivity index (χ3n) is 1.45. The van der Waals surface area contributed by atoms with Gasteiger partial charge in [0.15, 0.2) is 0 Å². The highest BCUT2D eigenvalue weighted by Crippen LogP contribution is 2.17. The quantitative estimate of drug-likeness (QED) is 0.271. The number of aromatic hydroxyl groups is 1. The van der Waals surface area contributed by atoms with Crippen molar-refractivity contribution in [1.82, 2.24) is 5.43 Å². The van der Waals surface area contributed by atoms with E-state index in [2.05, 4.69) is 0 Å². The molecular weight excluding hydrogens is 172 g/mol. The van der Waals surface area contributed by atoms with Crippen molar-refractivity contribution in [3.05, 3.63) is 24.3 Å². The van der Waals surface area contributed by atoms with Gasteiger partial charge in [-0.1, -0.05) is 6.07 Å². The lowest BCUT2D eigenvalue weighted by molar-refractivity contribution is 0.246. The number of hydrogen-bond donors (Lipinski definition) is 4. The first-order valence-electron chi connectivity index (χ1n) is 3.49. The lowest BCUT2D eigenvalue weighted by atomic mass is 10.3. The van der Waals surface area contributed by atoms with Crippen LogP contribution in [0.1, 0.15) is 0 Å². The minimum absolute atomic E-state index is 0.0257. The Balaban J connectivity index is 2.88. The van der Waals surface area contributed by atoms with Crippen molar-refractivity contribution < 1.29 is 9.90 Å². The average molecular weight is 182 g/mol. The van der Waals surface area contributed by atoms with E-state index >= 15 is 0 Å². The zero-order valence-electron chi connectivity index (χ0n) is 6.77. The number of hydrazine groups is 2. The van der Waals surface area contributed by atoms with Gasteiger partial charge in [0.1, 0.15) is 5.75 Å². The molecule has 6 heteroatoms. The molecule has 0 saturated heterocycles. The normalized spacial score (nSPS) is 9.38. The highest BCUT2D eigenvalue weighted by atomic mass is 16.3. The Morgan fingerprint density at radius 1 is 1.54 bits per heavy atom. The number of rotatable bonds is 1. The fraction of sp³-hybridized carbons (Fsp3) is 0. The standard InChI is InChI=1S/C7H10N4O2/c8-10-7(13)11(9)5-2-1-3-6(12)4-5/h1-4,12H,8-9H2,(H,10,13). The molecule has 0 aliphatic heterocycles. The molecule has 0 unspecified atom stereocenters. The molecule has 0 radical (unpaired) electrons. The molecule has 70 valence electrons. The molecule has 0 spiro atoms. The van der Waals surface area contributed by atoms with Crippen LogP contribution >= 0.6 is 0 Å². The van der Waals surface area contributed by atoms with Gasteiger partial charge >= 0.3 is 6.03 Å². The number of benzene rings is 1. The van der Waals surface area contributed by atoms with E-state index in [0.717, 1.165) is 5.01 Å². The molecule has 0 atom stereocenters. The van der Waals surface area contributed by atoms with Crippen molar-refractivity contribution in [3.63, 3.8) is 0 Å². The molecule has 0 heterocycles. The van der Waals surface area contributed by atoms with E-state index in [9.17, 15) is 4.79 Å².